The fraction of sp³-hybridized carbons (Fsp3) is 0.700. The molecule has 1 aliphatic rings. The minimum absolute atomic E-state index is 0.721. The zero-order chi connectivity index (χ0) is 9.80. The number of likely N-dealkylation sites (N-methyl/N-ethyl adjacent to an activating group) is 1. The third kappa shape index (κ3) is 2.33. The molecule has 14 heavy (non-hydrogen) atoms. The van der Waals surface area contributed by atoms with E-state index < -0.39 is 0 Å². The van der Waals surface area contributed by atoms with Crippen molar-refractivity contribution in [2.45, 2.75) is 19.0 Å². The van der Waals surface area contributed by atoms with Crippen molar-refractivity contribution < 1.29 is 0 Å². The molecule has 78 valence electrons. The first-order chi connectivity index (χ1) is 6.86. The summed E-state index contributed by atoms with van der Waals surface area (Å²) in [5, 5.41) is 3.39. The monoisotopic (exact) mass is 194 g/mol. The molecule has 1 saturated heterocycles. The van der Waals surface area contributed by atoms with E-state index in [1.165, 1.54) is 13.0 Å². The lowest BCUT2D eigenvalue weighted by Gasteiger charge is -2.23. The van der Waals surface area contributed by atoms with E-state index >= 15 is 0 Å². The Labute approximate surface area is 84.9 Å². The highest BCUT2D eigenvalue weighted by Gasteiger charge is 2.18. The molecule has 1 aromatic heterocycles. The van der Waals surface area contributed by atoms with Gasteiger partial charge in [-0.25, -0.2) is 4.98 Å². The van der Waals surface area contributed by atoms with Gasteiger partial charge >= 0.3 is 0 Å². The number of rotatable bonds is 4. The first-order valence-electron chi connectivity index (χ1n) is 5.23. The van der Waals surface area contributed by atoms with Crippen molar-refractivity contribution in [3.05, 3.63) is 18.7 Å². The van der Waals surface area contributed by atoms with Gasteiger partial charge < -0.3 is 14.8 Å². The SMILES string of the molecule is CN(CCn1ccnc1)C1CCNC1. The third-order valence-electron chi connectivity index (χ3n) is 2.93. The van der Waals surface area contributed by atoms with Crippen LogP contribution < -0.4 is 5.32 Å². The van der Waals surface area contributed by atoms with E-state index in [9.17, 15) is 0 Å². The summed E-state index contributed by atoms with van der Waals surface area (Å²) in [6, 6.07) is 0.721. The van der Waals surface area contributed by atoms with Gasteiger partial charge in [-0.2, -0.15) is 0 Å². The van der Waals surface area contributed by atoms with Crippen LogP contribution in [0.2, 0.25) is 0 Å². The smallest absolute Gasteiger partial charge is 0.0946 e. The van der Waals surface area contributed by atoms with Crippen molar-refractivity contribution in [1.82, 2.24) is 19.8 Å². The third-order valence-corrected chi connectivity index (χ3v) is 2.93. The maximum Gasteiger partial charge on any atom is 0.0946 e. The zero-order valence-corrected chi connectivity index (χ0v) is 8.69. The first-order valence-corrected chi connectivity index (χ1v) is 5.23. The molecule has 0 bridgehead atoms. The number of imidazole rings is 1. The summed E-state index contributed by atoms with van der Waals surface area (Å²) < 4.78 is 2.12. The van der Waals surface area contributed by atoms with E-state index in [4.69, 9.17) is 0 Å². The zero-order valence-electron chi connectivity index (χ0n) is 8.69. The molecule has 0 aromatic carbocycles. The topological polar surface area (TPSA) is 33.1 Å². The normalized spacial score (nSPS) is 22.0. The van der Waals surface area contributed by atoms with Crippen LogP contribution in [0.3, 0.4) is 0 Å². The molecular formula is C10H18N4. The summed E-state index contributed by atoms with van der Waals surface area (Å²) in [6.07, 6.45) is 7.00. The van der Waals surface area contributed by atoms with Crippen molar-refractivity contribution in [1.29, 1.82) is 0 Å². The number of nitrogens with zero attached hydrogens (tertiary/aromatic N) is 3. The van der Waals surface area contributed by atoms with Crippen molar-refractivity contribution >= 4 is 0 Å². The van der Waals surface area contributed by atoms with Gasteiger partial charge in [0.25, 0.3) is 0 Å². The van der Waals surface area contributed by atoms with Crippen LogP contribution in [0.4, 0.5) is 0 Å². The predicted molar refractivity (Wildman–Crippen MR) is 56.1 cm³/mol. The molecule has 4 nitrogen and oxygen atoms in total. The Kier molecular flexibility index (Phi) is 3.16. The van der Waals surface area contributed by atoms with Crippen molar-refractivity contribution in [2.75, 3.05) is 26.7 Å². The summed E-state index contributed by atoms with van der Waals surface area (Å²) in [5.41, 5.74) is 0. The van der Waals surface area contributed by atoms with Gasteiger partial charge in [-0.05, 0) is 20.0 Å². The summed E-state index contributed by atoms with van der Waals surface area (Å²) >= 11 is 0. The van der Waals surface area contributed by atoms with Gasteiger partial charge in [0.15, 0.2) is 0 Å². The van der Waals surface area contributed by atoms with E-state index in [1.807, 2.05) is 18.7 Å². The molecule has 2 rings (SSSR count). The van der Waals surface area contributed by atoms with Gasteiger partial charge in [0.1, 0.15) is 0 Å². The molecule has 1 unspecified atom stereocenters. The number of aromatic nitrogens is 2. The van der Waals surface area contributed by atoms with Crippen LogP contribution in [0.5, 0.6) is 0 Å². The van der Waals surface area contributed by atoms with Crippen molar-refractivity contribution in [3.63, 3.8) is 0 Å². The average Bonchev–Trinajstić information content (AvgIpc) is 2.87. The van der Waals surface area contributed by atoms with Crippen molar-refractivity contribution in [3.8, 4) is 0 Å². The average molecular weight is 194 g/mol. The largest absolute Gasteiger partial charge is 0.336 e. The van der Waals surface area contributed by atoms with Crippen LogP contribution in [0.15, 0.2) is 18.7 Å². The lowest BCUT2D eigenvalue weighted by molar-refractivity contribution is 0.247. The Hall–Kier alpha value is -0.870. The van der Waals surface area contributed by atoms with Crippen LogP contribution in [-0.2, 0) is 6.54 Å². The van der Waals surface area contributed by atoms with Crippen LogP contribution in [0.25, 0.3) is 0 Å². The van der Waals surface area contributed by atoms with Crippen molar-refractivity contribution in [2.24, 2.45) is 0 Å². The van der Waals surface area contributed by atoms with Gasteiger partial charge in [0.2, 0.25) is 0 Å². The van der Waals surface area contributed by atoms with Gasteiger partial charge in [-0.15, -0.1) is 0 Å². The van der Waals surface area contributed by atoms with Crippen LogP contribution >= 0.6 is 0 Å². The Bertz CT molecular complexity index is 251. The first kappa shape index (κ1) is 9.68. The van der Waals surface area contributed by atoms with E-state index in [0.717, 1.165) is 25.7 Å². The molecule has 1 aromatic rings. The second-order valence-corrected chi connectivity index (χ2v) is 3.93. The fourth-order valence-corrected chi connectivity index (χ4v) is 1.89. The molecule has 1 aliphatic heterocycles. The molecule has 1 fully saturated rings. The van der Waals surface area contributed by atoms with Gasteiger partial charge in [0, 0.05) is 38.1 Å². The quantitative estimate of drug-likeness (QED) is 0.742. The maximum atomic E-state index is 4.03. The molecule has 2 heterocycles. The molecule has 0 spiro atoms. The molecule has 0 radical (unpaired) electrons. The number of hydrogen-bond acceptors (Lipinski definition) is 3. The number of hydrogen-bond donors (Lipinski definition) is 1. The molecular weight excluding hydrogens is 176 g/mol. The summed E-state index contributed by atoms with van der Waals surface area (Å²) in [4.78, 5) is 6.46. The summed E-state index contributed by atoms with van der Waals surface area (Å²) in [5.74, 6) is 0. The van der Waals surface area contributed by atoms with Crippen LogP contribution in [-0.4, -0.2) is 47.2 Å². The molecule has 1 atom stereocenters. The summed E-state index contributed by atoms with van der Waals surface area (Å²) in [7, 11) is 2.20. The Morgan fingerprint density at radius 2 is 2.57 bits per heavy atom. The van der Waals surface area contributed by atoms with E-state index in [2.05, 4.69) is 26.8 Å². The van der Waals surface area contributed by atoms with E-state index in [1.54, 1.807) is 0 Å². The highest BCUT2D eigenvalue weighted by Crippen LogP contribution is 2.05. The Balaban J connectivity index is 1.74. The highest BCUT2D eigenvalue weighted by molar-refractivity contribution is 4.80. The van der Waals surface area contributed by atoms with E-state index in [0.29, 0.717) is 0 Å². The van der Waals surface area contributed by atoms with Crippen LogP contribution in [0.1, 0.15) is 6.42 Å². The Morgan fingerprint density at radius 1 is 1.64 bits per heavy atom. The van der Waals surface area contributed by atoms with Gasteiger partial charge in [-0.3, -0.25) is 0 Å². The highest BCUT2D eigenvalue weighted by atomic mass is 15.2. The van der Waals surface area contributed by atoms with Gasteiger partial charge in [-0.1, -0.05) is 0 Å². The molecule has 4 heteroatoms. The molecule has 1 N–H and O–H groups in total. The lowest BCUT2D eigenvalue weighted by Crippen LogP contribution is -2.35. The summed E-state index contributed by atoms with van der Waals surface area (Å²) in [6.45, 7) is 4.44. The van der Waals surface area contributed by atoms with E-state index in [-0.39, 0.29) is 0 Å². The second kappa shape index (κ2) is 4.57. The molecule has 0 saturated carbocycles. The maximum absolute atomic E-state index is 4.03. The fourth-order valence-electron chi connectivity index (χ4n) is 1.89. The molecule has 0 amide bonds. The second-order valence-electron chi connectivity index (χ2n) is 3.93. The minimum atomic E-state index is 0.721. The van der Waals surface area contributed by atoms with Gasteiger partial charge in [0.05, 0.1) is 6.33 Å². The standard InChI is InChI=1S/C10H18N4/c1-13(10-2-3-11-8-10)6-7-14-5-4-12-9-14/h4-5,9-11H,2-3,6-8H2,1H3. The molecule has 0 aliphatic carbocycles. The lowest BCUT2D eigenvalue weighted by atomic mass is 10.2. The van der Waals surface area contributed by atoms with Crippen LogP contribution in [0, 0.1) is 0 Å². The minimum Gasteiger partial charge on any atom is -0.336 e. The Morgan fingerprint density at radius 3 is 3.21 bits per heavy atom. The predicted octanol–water partition coefficient (Wildman–Crippen LogP) is 0.177. The number of nitrogens with one attached hydrogen (secondary N) is 1.